The summed E-state index contributed by atoms with van der Waals surface area (Å²) in [5.74, 6) is 1.59. The summed E-state index contributed by atoms with van der Waals surface area (Å²) in [6.45, 7) is 5.96. The van der Waals surface area contributed by atoms with Gasteiger partial charge in [0.2, 0.25) is 5.91 Å². The Morgan fingerprint density at radius 1 is 1.12 bits per heavy atom. The van der Waals surface area contributed by atoms with Gasteiger partial charge in [-0.3, -0.25) is 9.35 Å². The van der Waals surface area contributed by atoms with Crippen LogP contribution >= 0.6 is 0 Å². The topological polar surface area (TPSA) is 152 Å². The molecule has 0 unspecified atom stereocenters. The van der Waals surface area contributed by atoms with Crippen molar-refractivity contribution in [2.75, 3.05) is 40.1 Å². The largest absolute Gasteiger partial charge is 0.493 e. The standard InChI is InChI=1S/C21H32N4O3.CH4O3S/c1-16(2)11-14-25-21(22)24-13-6-5-12-23-20(26)10-8-17-7-9-18(27-3)19(15-17)28-4;1-5(2,3)4/h7-11,15H,5-6,12-14H2,1-4H3,(H,23,26)(H3,22,24,25);1H3,(H,2,3,4)/b10-8+;. The third-order valence-electron chi connectivity index (χ3n) is 3.80. The summed E-state index contributed by atoms with van der Waals surface area (Å²) < 4.78 is 36.3. The molecule has 0 heterocycles. The number of rotatable bonds is 11. The number of guanidine groups is 1. The number of allylic oxidation sites excluding steroid dienone is 1. The van der Waals surface area contributed by atoms with Crippen molar-refractivity contribution >= 4 is 28.1 Å². The fourth-order valence-corrected chi connectivity index (χ4v) is 2.25. The molecule has 5 N–H and O–H groups in total. The monoisotopic (exact) mass is 484 g/mol. The maximum Gasteiger partial charge on any atom is 0.261 e. The number of carbonyl (C=O) groups excluding carboxylic acids is 1. The highest BCUT2D eigenvalue weighted by molar-refractivity contribution is 7.85. The van der Waals surface area contributed by atoms with Crippen molar-refractivity contribution < 1.29 is 27.2 Å². The van der Waals surface area contributed by atoms with Crippen molar-refractivity contribution in [2.45, 2.75) is 26.7 Å². The summed E-state index contributed by atoms with van der Waals surface area (Å²) in [6, 6.07) is 5.48. The Labute approximate surface area is 196 Å². The van der Waals surface area contributed by atoms with E-state index in [9.17, 15) is 13.2 Å². The van der Waals surface area contributed by atoms with Crippen LogP contribution in [0.4, 0.5) is 0 Å². The van der Waals surface area contributed by atoms with Crippen molar-refractivity contribution in [1.29, 1.82) is 0 Å². The molecule has 0 spiro atoms. The predicted molar refractivity (Wildman–Crippen MR) is 132 cm³/mol. The Morgan fingerprint density at radius 2 is 1.70 bits per heavy atom. The van der Waals surface area contributed by atoms with Gasteiger partial charge in [0.1, 0.15) is 0 Å². The molecule has 1 rings (SSSR count). The number of nitrogens with two attached hydrogens (primary N) is 1. The maximum atomic E-state index is 11.9. The maximum absolute atomic E-state index is 11.9. The van der Waals surface area contributed by atoms with E-state index in [2.05, 4.69) is 15.6 Å². The van der Waals surface area contributed by atoms with Gasteiger partial charge in [-0.05, 0) is 50.5 Å². The first-order valence-electron chi connectivity index (χ1n) is 10.2. The number of unbranched alkanes of at least 4 members (excludes halogenated alkanes) is 1. The molecule has 33 heavy (non-hydrogen) atoms. The molecule has 0 saturated carbocycles. The first kappa shape index (κ1) is 29.9. The quantitative estimate of drug-likeness (QED) is 0.0929. The lowest BCUT2D eigenvalue weighted by molar-refractivity contribution is -0.116. The highest BCUT2D eigenvalue weighted by Gasteiger charge is 2.03. The van der Waals surface area contributed by atoms with Crippen molar-refractivity contribution in [3.05, 3.63) is 41.5 Å². The number of hydrogen-bond acceptors (Lipinski definition) is 6. The molecule has 0 radical (unpaired) electrons. The Morgan fingerprint density at radius 3 is 2.24 bits per heavy atom. The van der Waals surface area contributed by atoms with Gasteiger partial charge in [0.15, 0.2) is 17.5 Å². The fourth-order valence-electron chi connectivity index (χ4n) is 2.25. The number of hydrogen-bond donors (Lipinski definition) is 4. The summed E-state index contributed by atoms with van der Waals surface area (Å²) in [5.41, 5.74) is 7.85. The zero-order chi connectivity index (χ0) is 25.3. The SMILES string of the molecule is COc1ccc(/C=C/C(=O)NCCCCNC(N)=NCC=C(C)C)cc1OC.CS(=O)(=O)O. The average molecular weight is 485 g/mol. The highest BCUT2D eigenvalue weighted by Crippen LogP contribution is 2.27. The number of carbonyl (C=O) groups is 1. The summed E-state index contributed by atoms with van der Waals surface area (Å²) in [6.07, 6.45) is 7.71. The van der Waals surface area contributed by atoms with Crippen LogP contribution in [-0.2, 0) is 14.9 Å². The van der Waals surface area contributed by atoms with Crippen molar-refractivity contribution in [3.63, 3.8) is 0 Å². The molecule has 1 aromatic rings. The van der Waals surface area contributed by atoms with Crippen LogP contribution in [0.5, 0.6) is 11.5 Å². The highest BCUT2D eigenvalue weighted by atomic mass is 32.2. The first-order chi connectivity index (χ1) is 15.5. The number of ether oxygens (including phenoxy) is 2. The van der Waals surface area contributed by atoms with Gasteiger partial charge in [-0.1, -0.05) is 17.7 Å². The fraction of sp³-hybridized carbons (Fsp3) is 0.455. The number of nitrogens with zero attached hydrogens (tertiary/aromatic N) is 1. The Kier molecular flexibility index (Phi) is 15.0. The van der Waals surface area contributed by atoms with E-state index in [1.165, 1.54) is 11.6 Å². The number of aliphatic imine (C=N–C) groups is 1. The zero-order valence-electron chi connectivity index (χ0n) is 19.9. The van der Waals surface area contributed by atoms with Gasteiger partial charge < -0.3 is 25.8 Å². The van der Waals surface area contributed by atoms with Crippen LogP contribution in [0.2, 0.25) is 0 Å². The van der Waals surface area contributed by atoms with Crippen LogP contribution in [0, 0.1) is 0 Å². The predicted octanol–water partition coefficient (Wildman–Crippen LogP) is 1.99. The summed E-state index contributed by atoms with van der Waals surface area (Å²) in [5, 5.41) is 5.92. The first-order valence-corrected chi connectivity index (χ1v) is 12.1. The molecule has 0 atom stereocenters. The third-order valence-corrected chi connectivity index (χ3v) is 3.80. The second-order valence-corrected chi connectivity index (χ2v) is 8.58. The minimum atomic E-state index is -3.67. The van der Waals surface area contributed by atoms with Crippen molar-refractivity contribution in [1.82, 2.24) is 10.6 Å². The van der Waals surface area contributed by atoms with E-state index in [-0.39, 0.29) is 5.91 Å². The summed E-state index contributed by atoms with van der Waals surface area (Å²) >= 11 is 0. The molecule has 0 bridgehead atoms. The molecule has 1 amide bonds. The Hall–Kier alpha value is -3.05. The van der Waals surface area contributed by atoms with E-state index >= 15 is 0 Å². The van der Waals surface area contributed by atoms with Gasteiger partial charge >= 0.3 is 0 Å². The van der Waals surface area contributed by atoms with Crippen LogP contribution in [0.25, 0.3) is 6.08 Å². The Balaban J connectivity index is 0.00000184. The van der Waals surface area contributed by atoms with E-state index < -0.39 is 10.1 Å². The molecule has 0 aliphatic heterocycles. The van der Waals surface area contributed by atoms with E-state index in [0.717, 1.165) is 24.9 Å². The van der Waals surface area contributed by atoms with Crippen LogP contribution < -0.4 is 25.8 Å². The van der Waals surface area contributed by atoms with Gasteiger partial charge in [-0.2, -0.15) is 8.42 Å². The molecule has 186 valence electrons. The molecule has 0 aliphatic rings. The molecule has 0 aromatic heterocycles. The van der Waals surface area contributed by atoms with E-state index in [1.54, 1.807) is 26.4 Å². The van der Waals surface area contributed by atoms with Gasteiger partial charge in [-0.25, -0.2) is 4.99 Å². The smallest absolute Gasteiger partial charge is 0.261 e. The minimum absolute atomic E-state index is 0.134. The number of amides is 1. The van der Waals surface area contributed by atoms with Gasteiger partial charge in [0.25, 0.3) is 10.1 Å². The number of benzene rings is 1. The molecule has 0 fully saturated rings. The molecule has 0 saturated heterocycles. The normalized spacial score (nSPS) is 11.3. The van der Waals surface area contributed by atoms with Crippen molar-refractivity contribution in [3.8, 4) is 11.5 Å². The summed E-state index contributed by atoms with van der Waals surface area (Å²) in [7, 11) is -0.502. The lowest BCUT2D eigenvalue weighted by atomic mass is 10.2. The molecule has 11 heteroatoms. The lowest BCUT2D eigenvalue weighted by Gasteiger charge is -2.07. The third kappa shape index (κ3) is 18.2. The zero-order valence-corrected chi connectivity index (χ0v) is 20.7. The second kappa shape index (κ2) is 16.6. The summed E-state index contributed by atoms with van der Waals surface area (Å²) in [4.78, 5) is 16.1. The number of methoxy groups -OCH3 is 2. The molecular formula is C22H36N4O6S. The lowest BCUT2D eigenvalue weighted by Crippen LogP contribution is -2.33. The van der Waals surface area contributed by atoms with E-state index in [4.69, 9.17) is 19.8 Å². The van der Waals surface area contributed by atoms with Gasteiger partial charge in [0.05, 0.1) is 27.0 Å². The molecule has 1 aromatic carbocycles. The molecule has 10 nitrogen and oxygen atoms in total. The van der Waals surface area contributed by atoms with Crippen LogP contribution in [-0.4, -0.2) is 64.9 Å². The molecular weight excluding hydrogens is 448 g/mol. The van der Waals surface area contributed by atoms with E-state index in [1.807, 2.05) is 32.1 Å². The van der Waals surface area contributed by atoms with E-state index in [0.29, 0.717) is 36.8 Å². The molecule has 0 aliphatic carbocycles. The van der Waals surface area contributed by atoms with Crippen LogP contribution in [0.1, 0.15) is 32.3 Å². The number of nitrogens with one attached hydrogen (secondary N) is 2. The Bertz CT molecular complexity index is 915. The van der Waals surface area contributed by atoms with Gasteiger partial charge in [-0.15, -0.1) is 0 Å². The van der Waals surface area contributed by atoms with Crippen LogP contribution in [0.3, 0.4) is 0 Å². The minimum Gasteiger partial charge on any atom is -0.493 e. The van der Waals surface area contributed by atoms with Crippen LogP contribution in [0.15, 0.2) is 40.9 Å². The second-order valence-electron chi connectivity index (χ2n) is 7.11. The average Bonchev–Trinajstić information content (AvgIpc) is 2.72. The van der Waals surface area contributed by atoms with Gasteiger partial charge in [0, 0.05) is 19.2 Å². The van der Waals surface area contributed by atoms with Crippen molar-refractivity contribution in [2.24, 2.45) is 10.7 Å².